The van der Waals surface area contributed by atoms with Crippen molar-refractivity contribution in [2.24, 2.45) is 0 Å². The molecule has 8 nitrogen and oxygen atoms in total. The van der Waals surface area contributed by atoms with E-state index >= 15 is 0 Å². The lowest BCUT2D eigenvalue weighted by molar-refractivity contribution is -0.142. The molecule has 0 radical (unpaired) electrons. The van der Waals surface area contributed by atoms with Crippen LogP contribution in [0.15, 0.2) is 23.1 Å². The fraction of sp³-hybridized carbons (Fsp3) is 0.529. The molecule has 1 aromatic carbocycles. The van der Waals surface area contributed by atoms with Crippen molar-refractivity contribution in [3.8, 4) is 0 Å². The first-order valence-electron chi connectivity index (χ1n) is 8.36. The number of carboxylic acids is 1. The molecule has 2 rings (SSSR count). The third kappa shape index (κ3) is 4.40. The van der Waals surface area contributed by atoms with Gasteiger partial charge in [-0.2, -0.15) is 4.31 Å². The minimum Gasteiger partial charge on any atom is -0.480 e. The van der Waals surface area contributed by atoms with Gasteiger partial charge in [0.2, 0.25) is 10.0 Å². The number of rotatable bonds is 7. The number of piperidine rings is 1. The Kier molecular flexibility index (Phi) is 6.74. The first kappa shape index (κ1) is 20.3. The molecule has 0 aliphatic carbocycles. The van der Waals surface area contributed by atoms with E-state index in [1.165, 1.54) is 25.3 Å². The number of methoxy groups -OCH3 is 1. The minimum atomic E-state index is -4.08. The summed E-state index contributed by atoms with van der Waals surface area (Å²) in [6, 6.07) is 3.02. The fourth-order valence-electron chi connectivity index (χ4n) is 2.97. The number of carbonyl (C=O) groups excluding carboxylic acids is 1. The smallest absolute Gasteiger partial charge is 0.338 e. The third-order valence-corrected chi connectivity index (χ3v) is 6.02. The van der Waals surface area contributed by atoms with Crippen LogP contribution >= 0.6 is 0 Å². The van der Waals surface area contributed by atoms with E-state index in [9.17, 15) is 23.1 Å². The Morgan fingerprint density at radius 2 is 2.00 bits per heavy atom. The number of aliphatic carboxylic acids is 1. The molecular formula is C17H23NO7S. The molecule has 1 saturated heterocycles. The molecule has 1 aliphatic heterocycles. The number of hydrogen-bond donors (Lipinski definition) is 1. The summed E-state index contributed by atoms with van der Waals surface area (Å²) < 4.78 is 37.1. The molecule has 1 atom stereocenters. The first-order valence-corrected chi connectivity index (χ1v) is 9.80. The van der Waals surface area contributed by atoms with Gasteiger partial charge < -0.3 is 14.6 Å². The second kappa shape index (κ2) is 8.61. The van der Waals surface area contributed by atoms with Crippen LogP contribution in [0.5, 0.6) is 0 Å². The van der Waals surface area contributed by atoms with E-state index in [-0.39, 0.29) is 36.6 Å². The SMILES string of the molecule is CCOC(=O)c1cc(COC)cc(S(=O)(=O)N2CCCCC2C(=O)O)c1. The number of sulfonamides is 1. The van der Waals surface area contributed by atoms with Crippen molar-refractivity contribution in [2.75, 3.05) is 20.3 Å². The molecule has 1 heterocycles. The number of benzene rings is 1. The maximum absolute atomic E-state index is 13.1. The van der Waals surface area contributed by atoms with Crippen LogP contribution in [0.1, 0.15) is 42.1 Å². The van der Waals surface area contributed by atoms with Gasteiger partial charge in [-0.15, -0.1) is 0 Å². The quantitative estimate of drug-likeness (QED) is 0.710. The van der Waals surface area contributed by atoms with E-state index in [2.05, 4.69) is 0 Å². The lowest BCUT2D eigenvalue weighted by Gasteiger charge is -2.32. The Morgan fingerprint density at radius 3 is 2.62 bits per heavy atom. The van der Waals surface area contributed by atoms with Gasteiger partial charge in [0, 0.05) is 13.7 Å². The second-order valence-electron chi connectivity index (χ2n) is 5.98. The van der Waals surface area contributed by atoms with Crippen LogP contribution in [-0.2, 0) is 30.9 Å². The zero-order chi connectivity index (χ0) is 19.3. The Bertz CT molecular complexity index is 775. The molecule has 0 bridgehead atoms. The number of esters is 1. The van der Waals surface area contributed by atoms with E-state index in [1.807, 2.05) is 0 Å². The topological polar surface area (TPSA) is 110 Å². The molecule has 1 aromatic rings. The second-order valence-corrected chi connectivity index (χ2v) is 7.88. The normalized spacial score (nSPS) is 18.5. The number of carboxylic acid groups (broad SMARTS) is 1. The summed E-state index contributed by atoms with van der Waals surface area (Å²) in [6.07, 6.45) is 1.50. The molecule has 144 valence electrons. The summed E-state index contributed by atoms with van der Waals surface area (Å²) in [5.41, 5.74) is 0.573. The van der Waals surface area contributed by atoms with Gasteiger partial charge in [-0.25, -0.2) is 13.2 Å². The van der Waals surface area contributed by atoms with E-state index in [4.69, 9.17) is 9.47 Å². The average molecular weight is 385 g/mol. The van der Waals surface area contributed by atoms with Gasteiger partial charge in [-0.1, -0.05) is 0 Å². The van der Waals surface area contributed by atoms with Gasteiger partial charge in [0.1, 0.15) is 6.04 Å². The van der Waals surface area contributed by atoms with Crippen molar-refractivity contribution in [3.63, 3.8) is 0 Å². The van der Waals surface area contributed by atoms with Crippen LogP contribution in [0.25, 0.3) is 0 Å². The Balaban J connectivity index is 2.49. The Morgan fingerprint density at radius 1 is 1.27 bits per heavy atom. The molecule has 0 spiro atoms. The van der Waals surface area contributed by atoms with Crippen molar-refractivity contribution < 1.29 is 32.6 Å². The molecule has 1 fully saturated rings. The van der Waals surface area contributed by atoms with E-state index in [1.54, 1.807) is 6.92 Å². The summed E-state index contributed by atoms with van der Waals surface area (Å²) in [7, 11) is -2.62. The summed E-state index contributed by atoms with van der Waals surface area (Å²) in [5.74, 6) is -1.82. The molecular weight excluding hydrogens is 362 g/mol. The molecule has 26 heavy (non-hydrogen) atoms. The van der Waals surface area contributed by atoms with Crippen LogP contribution < -0.4 is 0 Å². The molecule has 1 aliphatic rings. The molecule has 0 amide bonds. The monoisotopic (exact) mass is 385 g/mol. The predicted molar refractivity (Wildman–Crippen MR) is 92.3 cm³/mol. The van der Waals surface area contributed by atoms with Gasteiger partial charge in [0.05, 0.1) is 23.7 Å². The highest BCUT2D eigenvalue weighted by Gasteiger charge is 2.38. The number of hydrogen-bond acceptors (Lipinski definition) is 6. The van der Waals surface area contributed by atoms with E-state index in [0.717, 1.165) is 4.31 Å². The molecule has 1 N–H and O–H groups in total. The Hall–Kier alpha value is -1.97. The largest absolute Gasteiger partial charge is 0.480 e. The standard InChI is InChI=1S/C17H23NO7S/c1-3-25-17(21)13-8-12(11-24-2)9-14(10-13)26(22,23)18-7-5-4-6-15(18)16(19)20/h8-10,15H,3-7,11H2,1-2H3,(H,19,20). The van der Waals surface area contributed by atoms with Crippen molar-refractivity contribution >= 4 is 22.0 Å². The highest BCUT2D eigenvalue weighted by molar-refractivity contribution is 7.89. The van der Waals surface area contributed by atoms with Gasteiger partial charge >= 0.3 is 11.9 Å². The lowest BCUT2D eigenvalue weighted by Crippen LogP contribution is -2.47. The number of ether oxygens (including phenoxy) is 2. The summed E-state index contributed by atoms with van der Waals surface area (Å²) >= 11 is 0. The molecule has 9 heteroatoms. The van der Waals surface area contributed by atoms with Crippen LogP contribution in [0.3, 0.4) is 0 Å². The summed E-state index contributed by atoms with van der Waals surface area (Å²) in [6.45, 7) is 2.04. The van der Waals surface area contributed by atoms with Crippen molar-refractivity contribution in [3.05, 3.63) is 29.3 Å². The van der Waals surface area contributed by atoms with E-state index in [0.29, 0.717) is 18.4 Å². The van der Waals surface area contributed by atoms with Crippen molar-refractivity contribution in [1.82, 2.24) is 4.31 Å². The van der Waals surface area contributed by atoms with Crippen LogP contribution in [0.2, 0.25) is 0 Å². The van der Waals surface area contributed by atoms with E-state index < -0.39 is 28.0 Å². The maximum atomic E-state index is 13.1. The van der Waals surface area contributed by atoms with Crippen molar-refractivity contribution in [2.45, 2.75) is 43.7 Å². The molecule has 0 saturated carbocycles. The zero-order valence-electron chi connectivity index (χ0n) is 14.8. The molecule has 1 unspecified atom stereocenters. The summed E-state index contributed by atoms with van der Waals surface area (Å²) in [4.78, 5) is 23.4. The first-order chi connectivity index (χ1) is 12.3. The average Bonchev–Trinajstić information content (AvgIpc) is 2.62. The van der Waals surface area contributed by atoms with Gasteiger partial charge in [0.25, 0.3) is 0 Å². The van der Waals surface area contributed by atoms with Gasteiger partial charge in [0.15, 0.2) is 0 Å². The van der Waals surface area contributed by atoms with Gasteiger partial charge in [-0.3, -0.25) is 4.79 Å². The number of nitrogens with zero attached hydrogens (tertiary/aromatic N) is 1. The van der Waals surface area contributed by atoms with Gasteiger partial charge in [-0.05, 0) is 49.9 Å². The number of carbonyl (C=O) groups is 2. The van der Waals surface area contributed by atoms with Crippen LogP contribution in [0, 0.1) is 0 Å². The third-order valence-electron chi connectivity index (χ3n) is 4.13. The lowest BCUT2D eigenvalue weighted by atomic mass is 10.1. The fourth-order valence-corrected chi connectivity index (χ4v) is 4.71. The van der Waals surface area contributed by atoms with Crippen molar-refractivity contribution in [1.29, 1.82) is 0 Å². The maximum Gasteiger partial charge on any atom is 0.338 e. The highest BCUT2D eigenvalue weighted by Crippen LogP contribution is 2.27. The Labute approximate surface area is 152 Å². The minimum absolute atomic E-state index is 0.0869. The molecule has 0 aromatic heterocycles. The zero-order valence-corrected chi connectivity index (χ0v) is 15.6. The highest BCUT2D eigenvalue weighted by atomic mass is 32.2. The summed E-state index contributed by atoms with van der Waals surface area (Å²) in [5, 5.41) is 9.37. The van der Waals surface area contributed by atoms with Crippen LogP contribution in [0.4, 0.5) is 0 Å². The predicted octanol–water partition coefficient (Wildman–Crippen LogP) is 1.64. The van der Waals surface area contributed by atoms with Crippen LogP contribution in [-0.4, -0.2) is 56.1 Å².